The second-order valence-electron chi connectivity index (χ2n) is 5.47. The predicted molar refractivity (Wildman–Crippen MR) is 98.1 cm³/mol. The van der Waals surface area contributed by atoms with Crippen LogP contribution in [0, 0.1) is 18.6 Å². The van der Waals surface area contributed by atoms with Gasteiger partial charge in [0.2, 0.25) is 0 Å². The molecule has 0 aliphatic carbocycles. The molecule has 0 atom stereocenters. The number of hydrogen-bond acceptors (Lipinski definition) is 3. The van der Waals surface area contributed by atoms with Gasteiger partial charge in [0.05, 0.1) is 5.56 Å². The summed E-state index contributed by atoms with van der Waals surface area (Å²) in [5.74, 6) is -1.05. The van der Waals surface area contributed by atoms with E-state index in [-0.39, 0.29) is 11.7 Å². The summed E-state index contributed by atoms with van der Waals surface area (Å²) in [6.45, 7) is 1.72. The van der Waals surface area contributed by atoms with Gasteiger partial charge in [-0.25, -0.2) is 13.8 Å². The Bertz CT molecular complexity index is 943. The number of halogens is 3. The maximum absolute atomic E-state index is 13.6. The van der Waals surface area contributed by atoms with E-state index in [1.807, 2.05) is 6.07 Å². The Morgan fingerprint density at radius 2 is 2.04 bits per heavy atom. The molecule has 7 heteroatoms. The van der Waals surface area contributed by atoms with E-state index < -0.39 is 5.82 Å². The minimum atomic E-state index is -0.426. The second kappa shape index (κ2) is 7.41. The van der Waals surface area contributed by atoms with Crippen molar-refractivity contribution in [3.8, 4) is 0 Å². The first-order chi connectivity index (χ1) is 11.9. The summed E-state index contributed by atoms with van der Waals surface area (Å²) in [5, 5.41) is 3.12. The van der Waals surface area contributed by atoms with E-state index in [0.717, 1.165) is 10.4 Å². The number of hydrogen-bond donors (Lipinski definition) is 1. The molecule has 0 bridgehead atoms. The molecule has 0 saturated carbocycles. The Kier molecular flexibility index (Phi) is 5.24. The van der Waals surface area contributed by atoms with Gasteiger partial charge >= 0.3 is 0 Å². The smallest absolute Gasteiger partial charge is 0.258 e. The number of anilines is 1. The zero-order valence-electron chi connectivity index (χ0n) is 13.1. The molecule has 0 fully saturated rings. The number of benzene rings is 2. The van der Waals surface area contributed by atoms with Gasteiger partial charge in [-0.05, 0) is 58.2 Å². The quantitative estimate of drug-likeness (QED) is 0.616. The average molecular weight is 423 g/mol. The van der Waals surface area contributed by atoms with Crippen molar-refractivity contribution in [1.82, 2.24) is 4.98 Å². The lowest BCUT2D eigenvalue weighted by Gasteiger charge is -2.04. The van der Waals surface area contributed by atoms with E-state index >= 15 is 0 Å². The van der Waals surface area contributed by atoms with Gasteiger partial charge in [-0.3, -0.25) is 10.1 Å². The van der Waals surface area contributed by atoms with Crippen LogP contribution in [0.5, 0.6) is 0 Å². The zero-order valence-corrected chi connectivity index (χ0v) is 15.5. The highest BCUT2D eigenvalue weighted by atomic mass is 79.9. The number of rotatable bonds is 4. The highest BCUT2D eigenvalue weighted by Crippen LogP contribution is 2.24. The Labute approximate surface area is 155 Å². The maximum Gasteiger partial charge on any atom is 0.258 e. The van der Waals surface area contributed by atoms with Crippen LogP contribution in [0.3, 0.4) is 0 Å². The first-order valence-electron chi connectivity index (χ1n) is 7.38. The molecule has 0 saturated heterocycles. The molecule has 0 spiro atoms. The third-order valence-corrected chi connectivity index (χ3v) is 5.13. The van der Waals surface area contributed by atoms with Gasteiger partial charge in [-0.1, -0.05) is 12.1 Å². The van der Waals surface area contributed by atoms with Gasteiger partial charge in [-0.15, -0.1) is 11.3 Å². The van der Waals surface area contributed by atoms with E-state index in [1.165, 1.54) is 35.6 Å². The van der Waals surface area contributed by atoms with Gasteiger partial charge in [0.15, 0.2) is 5.13 Å². The van der Waals surface area contributed by atoms with Crippen molar-refractivity contribution in [2.75, 3.05) is 5.32 Å². The van der Waals surface area contributed by atoms with E-state index in [0.29, 0.717) is 27.2 Å². The van der Waals surface area contributed by atoms with Gasteiger partial charge in [-0.2, -0.15) is 0 Å². The van der Waals surface area contributed by atoms with Crippen LogP contribution in [0.2, 0.25) is 0 Å². The topological polar surface area (TPSA) is 42.0 Å². The summed E-state index contributed by atoms with van der Waals surface area (Å²) < 4.78 is 27.1. The minimum absolute atomic E-state index is 0.239. The van der Waals surface area contributed by atoms with Crippen LogP contribution >= 0.6 is 27.3 Å². The lowest BCUT2D eigenvalue weighted by Crippen LogP contribution is -2.12. The fourth-order valence-corrected chi connectivity index (χ4v) is 3.61. The van der Waals surface area contributed by atoms with Crippen LogP contribution in [0.25, 0.3) is 0 Å². The Morgan fingerprint density at radius 3 is 2.76 bits per heavy atom. The highest BCUT2D eigenvalue weighted by Gasteiger charge is 2.13. The molecule has 1 N–H and O–H groups in total. The van der Waals surface area contributed by atoms with Crippen molar-refractivity contribution in [2.24, 2.45) is 0 Å². The third kappa shape index (κ3) is 4.29. The number of aryl methyl sites for hydroxylation is 1. The molecule has 1 aromatic heterocycles. The number of amides is 1. The summed E-state index contributed by atoms with van der Waals surface area (Å²) >= 11 is 4.48. The van der Waals surface area contributed by atoms with E-state index in [2.05, 4.69) is 26.2 Å². The van der Waals surface area contributed by atoms with Crippen LogP contribution in [0.4, 0.5) is 13.9 Å². The standard InChI is InChI=1S/C18H13BrF2N2OS/c1-10-2-3-11(7-16(10)21)6-13-9-22-18(25-13)23-17(24)14-5-4-12(20)8-15(14)19/h2-5,7-9H,6H2,1H3,(H,22,23,24). The van der Waals surface area contributed by atoms with Gasteiger partial charge < -0.3 is 0 Å². The molecule has 0 radical (unpaired) electrons. The SMILES string of the molecule is Cc1ccc(Cc2cnc(NC(=O)c3ccc(F)cc3Br)s2)cc1F. The van der Waals surface area contributed by atoms with Crippen molar-refractivity contribution in [2.45, 2.75) is 13.3 Å². The molecule has 3 aromatic rings. The Hall–Kier alpha value is -2.12. The van der Waals surface area contributed by atoms with Gasteiger partial charge in [0.1, 0.15) is 11.6 Å². The van der Waals surface area contributed by atoms with Crippen molar-refractivity contribution in [3.05, 3.63) is 80.3 Å². The lowest BCUT2D eigenvalue weighted by molar-refractivity contribution is 0.102. The number of nitrogens with one attached hydrogen (secondary N) is 1. The number of carbonyl (C=O) groups is 1. The number of aromatic nitrogens is 1. The normalized spacial score (nSPS) is 10.7. The van der Waals surface area contributed by atoms with Crippen LogP contribution in [-0.4, -0.2) is 10.9 Å². The Balaban J connectivity index is 1.70. The van der Waals surface area contributed by atoms with Gasteiger partial charge in [0.25, 0.3) is 5.91 Å². The fourth-order valence-electron chi connectivity index (χ4n) is 2.23. The largest absolute Gasteiger partial charge is 0.298 e. The summed E-state index contributed by atoms with van der Waals surface area (Å²) in [7, 11) is 0. The summed E-state index contributed by atoms with van der Waals surface area (Å²) in [5.41, 5.74) is 1.76. The van der Waals surface area contributed by atoms with Crippen LogP contribution in [-0.2, 0) is 6.42 Å². The molecule has 1 heterocycles. The highest BCUT2D eigenvalue weighted by molar-refractivity contribution is 9.10. The number of carbonyl (C=O) groups excluding carboxylic acids is 1. The summed E-state index contributed by atoms with van der Waals surface area (Å²) in [6.07, 6.45) is 2.18. The average Bonchev–Trinajstić information content (AvgIpc) is 2.97. The van der Waals surface area contributed by atoms with E-state index in [4.69, 9.17) is 0 Å². The molecule has 3 rings (SSSR count). The van der Waals surface area contributed by atoms with Crippen molar-refractivity contribution in [3.63, 3.8) is 0 Å². The predicted octanol–water partition coefficient (Wildman–Crippen LogP) is 5.34. The first kappa shape index (κ1) is 17.7. The summed E-state index contributed by atoms with van der Waals surface area (Å²) in [4.78, 5) is 17.3. The second-order valence-corrected chi connectivity index (χ2v) is 7.44. The molecule has 128 valence electrons. The number of nitrogens with zero attached hydrogens (tertiary/aromatic N) is 1. The molecule has 3 nitrogen and oxygen atoms in total. The first-order valence-corrected chi connectivity index (χ1v) is 8.99. The molecule has 25 heavy (non-hydrogen) atoms. The van der Waals surface area contributed by atoms with Crippen molar-refractivity contribution >= 4 is 38.3 Å². The van der Waals surface area contributed by atoms with Crippen molar-refractivity contribution < 1.29 is 13.6 Å². The molecule has 2 aromatic carbocycles. The van der Waals surface area contributed by atoms with Crippen LogP contribution in [0.1, 0.15) is 26.4 Å². The fraction of sp³-hybridized carbons (Fsp3) is 0.111. The summed E-state index contributed by atoms with van der Waals surface area (Å²) in [6, 6.07) is 8.96. The molecule has 0 unspecified atom stereocenters. The van der Waals surface area contributed by atoms with Crippen LogP contribution < -0.4 is 5.32 Å². The van der Waals surface area contributed by atoms with E-state index in [1.54, 1.807) is 19.2 Å². The lowest BCUT2D eigenvalue weighted by atomic mass is 10.1. The monoisotopic (exact) mass is 422 g/mol. The molecular formula is C18H13BrF2N2OS. The molecular weight excluding hydrogens is 410 g/mol. The van der Waals surface area contributed by atoms with Crippen molar-refractivity contribution in [1.29, 1.82) is 0 Å². The van der Waals surface area contributed by atoms with Crippen LogP contribution in [0.15, 0.2) is 47.1 Å². The Morgan fingerprint density at radius 1 is 1.24 bits per heavy atom. The number of thiazole rings is 1. The zero-order chi connectivity index (χ0) is 18.0. The molecule has 0 aliphatic rings. The molecule has 1 amide bonds. The van der Waals surface area contributed by atoms with E-state index in [9.17, 15) is 13.6 Å². The minimum Gasteiger partial charge on any atom is -0.298 e. The van der Waals surface area contributed by atoms with Gasteiger partial charge in [0, 0.05) is 22.0 Å². The maximum atomic E-state index is 13.6. The molecule has 0 aliphatic heterocycles. The third-order valence-electron chi connectivity index (χ3n) is 3.56.